The Kier molecular flexibility index (Phi) is 8.08. The van der Waals surface area contributed by atoms with E-state index >= 15 is 0 Å². The highest BCUT2D eigenvalue weighted by Crippen LogP contribution is 2.42. The van der Waals surface area contributed by atoms with Crippen LogP contribution in [0, 0.1) is 0 Å². The molecule has 12 heteroatoms. The van der Waals surface area contributed by atoms with Gasteiger partial charge in [0.25, 0.3) is 0 Å². The monoisotopic (exact) mass is 632 g/mol. The molecule has 0 bridgehead atoms. The Morgan fingerprint density at radius 2 is 1.74 bits per heavy atom. The van der Waals surface area contributed by atoms with E-state index in [2.05, 4.69) is 9.71 Å². The molecule has 2 atom stereocenters. The zero-order chi connectivity index (χ0) is 30.3. The fourth-order valence-electron chi connectivity index (χ4n) is 4.45. The van der Waals surface area contributed by atoms with Crippen molar-refractivity contribution in [3.63, 3.8) is 0 Å². The minimum atomic E-state index is -4.89. The van der Waals surface area contributed by atoms with E-state index in [4.69, 9.17) is 16.3 Å². The van der Waals surface area contributed by atoms with Crippen LogP contribution in [-0.4, -0.2) is 31.8 Å². The first-order chi connectivity index (χ1) is 19.8. The van der Waals surface area contributed by atoms with Gasteiger partial charge >= 0.3 is 6.18 Å². The van der Waals surface area contributed by atoms with Gasteiger partial charge in [-0.1, -0.05) is 54.1 Å². The van der Waals surface area contributed by atoms with E-state index in [1.54, 1.807) is 54.6 Å². The first kappa shape index (κ1) is 30.0. The molecule has 0 spiro atoms. The summed E-state index contributed by atoms with van der Waals surface area (Å²) in [5.41, 5.74) is -2.17. The van der Waals surface area contributed by atoms with Gasteiger partial charge in [0.05, 0.1) is 23.7 Å². The number of thiophene rings is 1. The highest BCUT2D eigenvalue weighted by molar-refractivity contribution is 7.89. The van der Waals surface area contributed by atoms with Gasteiger partial charge in [-0.2, -0.15) is 17.9 Å². The predicted octanol–water partition coefficient (Wildman–Crippen LogP) is 7.46. The lowest BCUT2D eigenvalue weighted by molar-refractivity contribution is -0.258. The number of alkyl halides is 3. The molecule has 0 amide bonds. The van der Waals surface area contributed by atoms with Gasteiger partial charge in [0.1, 0.15) is 5.75 Å². The van der Waals surface area contributed by atoms with Crippen LogP contribution in [0.15, 0.2) is 96.0 Å². The Hall–Kier alpha value is -3.48. The van der Waals surface area contributed by atoms with Gasteiger partial charge in [0.2, 0.25) is 10.0 Å². The number of rotatable bonds is 8. The van der Waals surface area contributed by atoms with E-state index in [1.165, 1.54) is 42.8 Å². The molecule has 6 nitrogen and oxygen atoms in total. The zero-order valence-corrected chi connectivity index (χ0v) is 24.6. The average Bonchev–Trinajstić information content (AvgIpc) is 3.40. The van der Waals surface area contributed by atoms with Crippen LogP contribution < -0.4 is 9.46 Å². The summed E-state index contributed by atoms with van der Waals surface area (Å²) in [6, 6.07) is 21.4. The van der Waals surface area contributed by atoms with Crippen molar-refractivity contribution in [1.82, 2.24) is 9.71 Å². The second kappa shape index (κ2) is 11.3. The van der Waals surface area contributed by atoms with E-state index < -0.39 is 27.8 Å². The molecule has 3 aromatic carbocycles. The number of hydrogen-bond acceptors (Lipinski definition) is 6. The van der Waals surface area contributed by atoms with E-state index in [1.807, 2.05) is 6.07 Å². The molecule has 0 fully saturated rings. The summed E-state index contributed by atoms with van der Waals surface area (Å²) in [5.74, 6) is 0.373. The first-order valence-electron chi connectivity index (χ1n) is 12.5. The highest BCUT2D eigenvalue weighted by atomic mass is 35.5. The SMILES string of the molecule is COc1cccc(S(=O)(=O)NC(c2cc3cccc(-c4cc([C@@](C)(O)C(F)(F)F)ccn4)c3s2)c2ccccc2Cl)c1. The van der Waals surface area contributed by atoms with Gasteiger partial charge in [-0.15, -0.1) is 11.3 Å². The van der Waals surface area contributed by atoms with E-state index in [9.17, 15) is 26.7 Å². The number of benzene rings is 3. The molecular formula is C30H24ClF3N2O4S2. The van der Waals surface area contributed by atoms with Gasteiger partial charge in [-0.3, -0.25) is 4.98 Å². The first-order valence-corrected chi connectivity index (χ1v) is 15.2. The van der Waals surface area contributed by atoms with Gasteiger partial charge in [-0.05, 0) is 59.8 Å². The average molecular weight is 633 g/mol. The Balaban J connectivity index is 1.63. The van der Waals surface area contributed by atoms with Crippen LogP contribution in [-0.2, 0) is 15.6 Å². The van der Waals surface area contributed by atoms with E-state index in [-0.39, 0.29) is 16.2 Å². The molecule has 5 aromatic rings. The van der Waals surface area contributed by atoms with Crippen LogP contribution >= 0.6 is 22.9 Å². The molecule has 2 N–H and O–H groups in total. The lowest BCUT2D eigenvalue weighted by atomic mass is 9.94. The lowest BCUT2D eigenvalue weighted by Crippen LogP contribution is -2.39. The number of aromatic nitrogens is 1. The molecule has 0 aliphatic heterocycles. The fraction of sp³-hybridized carbons (Fsp3) is 0.167. The molecular weight excluding hydrogens is 609 g/mol. The topological polar surface area (TPSA) is 88.5 Å². The number of ether oxygens (including phenoxy) is 1. The summed E-state index contributed by atoms with van der Waals surface area (Å²) >= 11 is 7.80. The van der Waals surface area contributed by atoms with Crippen molar-refractivity contribution >= 4 is 43.0 Å². The van der Waals surface area contributed by atoms with Crippen molar-refractivity contribution in [2.24, 2.45) is 0 Å². The molecule has 42 heavy (non-hydrogen) atoms. The van der Waals surface area contributed by atoms with Crippen molar-refractivity contribution < 1.29 is 31.4 Å². The third kappa shape index (κ3) is 5.75. The van der Waals surface area contributed by atoms with Crippen LogP contribution in [0.3, 0.4) is 0 Å². The summed E-state index contributed by atoms with van der Waals surface area (Å²) in [4.78, 5) is 4.87. The summed E-state index contributed by atoms with van der Waals surface area (Å²) in [7, 11) is -2.63. The van der Waals surface area contributed by atoms with Crippen molar-refractivity contribution in [2.45, 2.75) is 29.6 Å². The van der Waals surface area contributed by atoms with Crippen LogP contribution in [0.1, 0.15) is 29.0 Å². The van der Waals surface area contributed by atoms with Gasteiger partial charge in [0, 0.05) is 32.4 Å². The third-order valence-electron chi connectivity index (χ3n) is 6.84. The summed E-state index contributed by atoms with van der Waals surface area (Å²) in [6.07, 6.45) is -3.68. The quantitative estimate of drug-likeness (QED) is 0.185. The second-order valence-corrected chi connectivity index (χ2v) is 12.8. The van der Waals surface area contributed by atoms with Crippen LogP contribution in [0.4, 0.5) is 13.2 Å². The molecule has 0 saturated carbocycles. The zero-order valence-electron chi connectivity index (χ0n) is 22.2. The van der Waals surface area contributed by atoms with Crippen molar-refractivity contribution in [1.29, 1.82) is 0 Å². The Bertz CT molecular complexity index is 1870. The number of aliphatic hydroxyl groups is 1. The minimum absolute atomic E-state index is 0.00145. The lowest BCUT2D eigenvalue weighted by Gasteiger charge is -2.26. The number of pyridine rings is 1. The minimum Gasteiger partial charge on any atom is -0.497 e. The molecule has 0 radical (unpaired) electrons. The number of methoxy groups -OCH3 is 1. The van der Waals surface area contributed by atoms with E-state index in [0.717, 1.165) is 11.5 Å². The molecule has 0 saturated heterocycles. The third-order valence-corrected chi connectivity index (χ3v) is 9.85. The summed E-state index contributed by atoms with van der Waals surface area (Å²) < 4.78 is 76.4. The number of nitrogens with one attached hydrogen (secondary N) is 1. The predicted molar refractivity (Wildman–Crippen MR) is 157 cm³/mol. The maximum atomic E-state index is 13.6. The van der Waals surface area contributed by atoms with Crippen LogP contribution in [0.2, 0.25) is 5.02 Å². The van der Waals surface area contributed by atoms with Crippen LogP contribution in [0.25, 0.3) is 21.3 Å². The molecule has 1 unspecified atom stereocenters. The summed E-state index contributed by atoms with van der Waals surface area (Å²) in [6.45, 7) is 0.693. The number of hydrogen-bond donors (Lipinski definition) is 2. The van der Waals surface area contributed by atoms with Crippen molar-refractivity contribution in [2.75, 3.05) is 7.11 Å². The normalized spacial score (nSPS) is 14.5. The molecule has 5 rings (SSSR count). The number of halogens is 4. The Morgan fingerprint density at radius 1 is 1.00 bits per heavy atom. The van der Waals surface area contributed by atoms with Gasteiger partial charge in [-0.25, -0.2) is 8.42 Å². The van der Waals surface area contributed by atoms with Gasteiger partial charge < -0.3 is 9.84 Å². The van der Waals surface area contributed by atoms with Crippen LogP contribution in [0.5, 0.6) is 5.75 Å². The van der Waals surface area contributed by atoms with Crippen molar-refractivity contribution in [3.05, 3.63) is 112 Å². The molecule has 2 heterocycles. The number of sulfonamides is 1. The smallest absolute Gasteiger partial charge is 0.421 e. The largest absolute Gasteiger partial charge is 0.497 e. The molecule has 218 valence electrons. The van der Waals surface area contributed by atoms with E-state index in [0.29, 0.717) is 38.4 Å². The maximum Gasteiger partial charge on any atom is 0.421 e. The fourth-order valence-corrected chi connectivity index (χ4v) is 7.25. The van der Waals surface area contributed by atoms with Gasteiger partial charge in [0.15, 0.2) is 5.60 Å². The molecule has 0 aliphatic rings. The highest BCUT2D eigenvalue weighted by Gasteiger charge is 2.51. The Labute approximate surface area is 249 Å². The van der Waals surface area contributed by atoms with Crippen molar-refractivity contribution in [3.8, 4) is 17.0 Å². The maximum absolute atomic E-state index is 13.6. The summed E-state index contributed by atoms with van der Waals surface area (Å²) in [5, 5.41) is 11.3. The number of fused-ring (bicyclic) bond motifs is 1. The Morgan fingerprint density at radius 3 is 2.45 bits per heavy atom. The standard InChI is InChI=1S/C30H24ClF3N2O4S2/c1-29(37,30(32,33)34)19-13-14-35-25(16-19)23-11-5-7-18-15-26(41-28(18)23)27(22-10-3-4-12-24(22)31)36-42(38,39)21-9-6-8-20(17-21)40-2/h3-17,27,36-37H,1-2H3/t27?,29-/m1/s1. The number of nitrogens with zero attached hydrogens (tertiary/aromatic N) is 1. The molecule has 2 aromatic heterocycles. The molecule has 0 aliphatic carbocycles. The second-order valence-electron chi connectivity index (χ2n) is 9.63.